The molecule has 0 aliphatic carbocycles. The maximum Gasteiger partial charge on any atom is 0.287 e. The largest absolute Gasteiger partial charge is 0.459 e. The first-order valence-corrected chi connectivity index (χ1v) is 10.6. The summed E-state index contributed by atoms with van der Waals surface area (Å²) in [5.41, 5.74) is 1.32. The lowest BCUT2D eigenvalue weighted by Crippen LogP contribution is -2.32. The van der Waals surface area contributed by atoms with Gasteiger partial charge in [-0.25, -0.2) is 0 Å². The second kappa shape index (κ2) is 9.26. The third-order valence-corrected chi connectivity index (χ3v) is 5.47. The van der Waals surface area contributed by atoms with Crippen LogP contribution in [0.25, 0.3) is 0 Å². The van der Waals surface area contributed by atoms with E-state index in [-0.39, 0.29) is 11.9 Å². The van der Waals surface area contributed by atoms with Crippen molar-refractivity contribution in [1.29, 1.82) is 0 Å². The Bertz CT molecular complexity index is 949. The molecule has 0 unspecified atom stereocenters. The zero-order valence-corrected chi connectivity index (χ0v) is 17.6. The second-order valence-corrected chi connectivity index (χ2v) is 8.27. The smallest absolute Gasteiger partial charge is 0.287 e. The highest BCUT2D eigenvalue weighted by Crippen LogP contribution is 2.23. The zero-order chi connectivity index (χ0) is 20.9. The second-order valence-electron chi connectivity index (χ2n) is 8.27. The molecule has 1 N–H and O–H groups in total. The predicted molar refractivity (Wildman–Crippen MR) is 114 cm³/mol. The summed E-state index contributed by atoms with van der Waals surface area (Å²) in [5.74, 6) is 2.32. The van der Waals surface area contributed by atoms with E-state index < -0.39 is 0 Å². The molecule has 0 bridgehead atoms. The predicted octanol–water partition coefficient (Wildman–Crippen LogP) is 3.45. The van der Waals surface area contributed by atoms with Crippen LogP contribution in [0.15, 0.2) is 53.1 Å². The van der Waals surface area contributed by atoms with Crippen molar-refractivity contribution < 1.29 is 9.21 Å². The zero-order valence-electron chi connectivity index (χ0n) is 17.6. The molecule has 0 spiro atoms. The molecule has 4 rings (SSSR count). The molecule has 158 valence electrons. The van der Waals surface area contributed by atoms with E-state index >= 15 is 0 Å². The molecular formula is C23H29N5O2. The Morgan fingerprint density at radius 1 is 1.10 bits per heavy atom. The van der Waals surface area contributed by atoms with Crippen LogP contribution < -0.4 is 5.32 Å². The first kappa shape index (κ1) is 20.3. The standard InChI is InChI=1S/C23H29N5O2/c1-17(2)15-19(24-23(29)20-9-6-14-30-20)22-26-25-21-10-11-27(12-13-28(21)22)16-18-7-4-3-5-8-18/h3-9,14,17,19H,10-13,15-16H2,1-2H3,(H,24,29)/t19-/m0/s1. The Kier molecular flexibility index (Phi) is 6.28. The molecule has 7 nitrogen and oxygen atoms in total. The number of benzene rings is 1. The van der Waals surface area contributed by atoms with Gasteiger partial charge in [-0.05, 0) is 30.0 Å². The van der Waals surface area contributed by atoms with E-state index in [4.69, 9.17) is 4.42 Å². The number of nitrogens with zero attached hydrogens (tertiary/aromatic N) is 4. The van der Waals surface area contributed by atoms with Crippen LogP contribution in [0.2, 0.25) is 0 Å². The van der Waals surface area contributed by atoms with E-state index in [1.807, 2.05) is 6.07 Å². The van der Waals surface area contributed by atoms with Crippen LogP contribution >= 0.6 is 0 Å². The quantitative estimate of drug-likeness (QED) is 0.649. The lowest BCUT2D eigenvalue weighted by molar-refractivity contribution is 0.0900. The summed E-state index contributed by atoms with van der Waals surface area (Å²) in [7, 11) is 0. The fourth-order valence-electron chi connectivity index (χ4n) is 3.98. The molecule has 3 heterocycles. The van der Waals surface area contributed by atoms with Crippen LogP contribution in [-0.4, -0.2) is 38.7 Å². The number of nitrogens with one attached hydrogen (secondary N) is 1. The maximum absolute atomic E-state index is 12.6. The summed E-state index contributed by atoms with van der Waals surface area (Å²) >= 11 is 0. The van der Waals surface area contributed by atoms with Gasteiger partial charge in [0.1, 0.15) is 5.82 Å². The van der Waals surface area contributed by atoms with Crippen LogP contribution in [0.4, 0.5) is 0 Å². The van der Waals surface area contributed by atoms with E-state index in [0.29, 0.717) is 11.7 Å². The average Bonchev–Trinajstić information content (AvgIpc) is 3.36. The van der Waals surface area contributed by atoms with Crippen LogP contribution in [0.1, 0.15) is 54.1 Å². The number of carbonyl (C=O) groups excluding carboxylic acids is 1. The lowest BCUT2D eigenvalue weighted by Gasteiger charge is -2.22. The van der Waals surface area contributed by atoms with Crippen molar-refractivity contribution in [2.24, 2.45) is 5.92 Å². The molecule has 1 aliphatic heterocycles. The maximum atomic E-state index is 12.6. The van der Waals surface area contributed by atoms with Gasteiger partial charge in [-0.1, -0.05) is 44.2 Å². The first-order chi connectivity index (χ1) is 14.6. The SMILES string of the molecule is CC(C)C[C@H](NC(=O)c1ccco1)c1nnc2n1CCN(Cc1ccccc1)CC2. The van der Waals surface area contributed by atoms with Gasteiger partial charge in [0.05, 0.1) is 12.3 Å². The van der Waals surface area contributed by atoms with E-state index in [1.54, 1.807) is 12.1 Å². The minimum absolute atomic E-state index is 0.204. The molecule has 1 amide bonds. The third-order valence-electron chi connectivity index (χ3n) is 5.47. The fraction of sp³-hybridized carbons (Fsp3) is 0.435. The Morgan fingerprint density at radius 2 is 1.93 bits per heavy atom. The summed E-state index contributed by atoms with van der Waals surface area (Å²) < 4.78 is 7.46. The van der Waals surface area contributed by atoms with Crippen LogP contribution in [0, 0.1) is 5.92 Å². The number of rotatable bonds is 7. The third kappa shape index (κ3) is 4.79. The first-order valence-electron chi connectivity index (χ1n) is 10.6. The van der Waals surface area contributed by atoms with Crippen molar-refractivity contribution in [2.45, 2.75) is 45.8 Å². The monoisotopic (exact) mass is 407 g/mol. The van der Waals surface area contributed by atoms with Crippen LogP contribution in [0.5, 0.6) is 0 Å². The van der Waals surface area contributed by atoms with Crippen LogP contribution in [-0.2, 0) is 19.5 Å². The number of furan rings is 1. The van der Waals surface area contributed by atoms with Gasteiger partial charge in [-0.3, -0.25) is 9.69 Å². The van der Waals surface area contributed by atoms with Crippen molar-refractivity contribution in [3.63, 3.8) is 0 Å². The Balaban J connectivity index is 1.49. The minimum Gasteiger partial charge on any atom is -0.459 e. The molecule has 0 radical (unpaired) electrons. The van der Waals surface area contributed by atoms with Crippen molar-refractivity contribution in [3.8, 4) is 0 Å². The van der Waals surface area contributed by atoms with Gasteiger partial charge in [0, 0.05) is 32.6 Å². The molecule has 0 saturated heterocycles. The van der Waals surface area contributed by atoms with Crippen molar-refractivity contribution in [2.75, 3.05) is 13.1 Å². The topological polar surface area (TPSA) is 76.2 Å². The summed E-state index contributed by atoms with van der Waals surface area (Å²) in [6, 6.07) is 13.7. The van der Waals surface area contributed by atoms with Gasteiger partial charge in [-0.2, -0.15) is 0 Å². The Morgan fingerprint density at radius 3 is 2.67 bits per heavy atom. The molecule has 30 heavy (non-hydrogen) atoms. The molecule has 3 aromatic rings. The lowest BCUT2D eigenvalue weighted by atomic mass is 10.0. The van der Waals surface area contributed by atoms with Gasteiger partial charge < -0.3 is 14.3 Å². The highest BCUT2D eigenvalue weighted by molar-refractivity contribution is 5.91. The molecule has 2 aromatic heterocycles. The Labute approximate surface area is 177 Å². The summed E-state index contributed by atoms with van der Waals surface area (Å²) in [6.45, 7) is 7.91. The van der Waals surface area contributed by atoms with Gasteiger partial charge >= 0.3 is 0 Å². The molecule has 1 aromatic carbocycles. The highest BCUT2D eigenvalue weighted by atomic mass is 16.3. The number of hydrogen-bond acceptors (Lipinski definition) is 5. The van der Waals surface area contributed by atoms with Gasteiger partial charge in [-0.15, -0.1) is 10.2 Å². The van der Waals surface area contributed by atoms with Crippen molar-refractivity contribution in [1.82, 2.24) is 25.0 Å². The number of carbonyl (C=O) groups is 1. The van der Waals surface area contributed by atoms with E-state index in [0.717, 1.165) is 50.7 Å². The number of aromatic nitrogens is 3. The molecule has 0 saturated carbocycles. The van der Waals surface area contributed by atoms with Gasteiger partial charge in [0.2, 0.25) is 0 Å². The molecule has 1 atom stereocenters. The molecule has 0 fully saturated rings. The summed E-state index contributed by atoms with van der Waals surface area (Å²) in [4.78, 5) is 15.1. The van der Waals surface area contributed by atoms with Gasteiger partial charge in [0.25, 0.3) is 5.91 Å². The van der Waals surface area contributed by atoms with E-state index in [1.165, 1.54) is 11.8 Å². The van der Waals surface area contributed by atoms with E-state index in [2.05, 4.69) is 63.1 Å². The van der Waals surface area contributed by atoms with E-state index in [9.17, 15) is 4.79 Å². The normalized spacial score (nSPS) is 15.6. The fourth-order valence-corrected chi connectivity index (χ4v) is 3.98. The number of fused-ring (bicyclic) bond motifs is 1. The summed E-state index contributed by atoms with van der Waals surface area (Å²) in [6.07, 6.45) is 3.15. The van der Waals surface area contributed by atoms with Gasteiger partial charge in [0.15, 0.2) is 11.6 Å². The van der Waals surface area contributed by atoms with Crippen molar-refractivity contribution in [3.05, 3.63) is 71.7 Å². The molecular weight excluding hydrogens is 378 g/mol. The molecule has 7 heteroatoms. The van der Waals surface area contributed by atoms with Crippen LogP contribution in [0.3, 0.4) is 0 Å². The minimum atomic E-state index is -0.220. The number of hydrogen-bond donors (Lipinski definition) is 1. The highest BCUT2D eigenvalue weighted by Gasteiger charge is 2.27. The van der Waals surface area contributed by atoms with Crippen molar-refractivity contribution >= 4 is 5.91 Å². The molecule has 1 aliphatic rings. The average molecular weight is 408 g/mol. The Hall–Kier alpha value is -2.93. The summed E-state index contributed by atoms with van der Waals surface area (Å²) in [5, 5.41) is 12.1. The number of amides is 1.